The molecule has 0 spiro atoms. The van der Waals surface area contributed by atoms with Gasteiger partial charge in [-0.25, -0.2) is 0 Å². The molecule has 112 valence electrons. The van der Waals surface area contributed by atoms with E-state index >= 15 is 0 Å². The lowest BCUT2D eigenvalue weighted by Crippen LogP contribution is -2.33. The van der Waals surface area contributed by atoms with Crippen molar-refractivity contribution in [2.45, 2.75) is 39.0 Å². The van der Waals surface area contributed by atoms with Gasteiger partial charge in [0, 0.05) is 19.1 Å². The molecular weight excluding hydrogens is 271 g/mol. The molecule has 1 rings (SSSR count). The van der Waals surface area contributed by atoms with E-state index in [1.165, 1.54) is 12.1 Å². The lowest BCUT2D eigenvalue weighted by Gasteiger charge is -2.27. The third-order valence-electron chi connectivity index (χ3n) is 3.04. The van der Waals surface area contributed by atoms with Crippen molar-refractivity contribution in [3.05, 3.63) is 35.4 Å². The second-order valence-corrected chi connectivity index (χ2v) is 4.86. The fraction of sp³-hybridized carbons (Fsp3) is 0.500. The first kappa shape index (κ1) is 16.5. The normalized spacial score (nSPS) is 12.2. The zero-order chi connectivity index (χ0) is 15.3. The first-order valence-electron chi connectivity index (χ1n) is 6.32. The van der Waals surface area contributed by atoms with E-state index in [9.17, 15) is 18.0 Å². The second kappa shape index (κ2) is 6.74. The number of hydrogen-bond acceptors (Lipinski definition) is 2. The molecule has 0 saturated heterocycles. The minimum Gasteiger partial charge on any atom is -0.481 e. The van der Waals surface area contributed by atoms with Crippen LogP contribution in [0.5, 0.6) is 0 Å². The zero-order valence-corrected chi connectivity index (χ0v) is 11.4. The van der Waals surface area contributed by atoms with Gasteiger partial charge in [-0.1, -0.05) is 18.2 Å². The van der Waals surface area contributed by atoms with Gasteiger partial charge in [0.25, 0.3) is 0 Å². The summed E-state index contributed by atoms with van der Waals surface area (Å²) in [4.78, 5) is 12.3. The van der Waals surface area contributed by atoms with Crippen molar-refractivity contribution in [3.8, 4) is 0 Å². The van der Waals surface area contributed by atoms with Crippen molar-refractivity contribution >= 4 is 5.97 Å². The van der Waals surface area contributed by atoms with Crippen LogP contribution < -0.4 is 0 Å². The summed E-state index contributed by atoms with van der Waals surface area (Å²) in [6, 6.07) is 5.35. The number of carboxylic acids is 1. The van der Waals surface area contributed by atoms with E-state index in [2.05, 4.69) is 0 Å². The van der Waals surface area contributed by atoms with Crippen LogP contribution in [-0.2, 0) is 17.5 Å². The fourth-order valence-corrected chi connectivity index (χ4v) is 1.91. The summed E-state index contributed by atoms with van der Waals surface area (Å²) >= 11 is 0. The summed E-state index contributed by atoms with van der Waals surface area (Å²) in [5, 5.41) is 8.69. The van der Waals surface area contributed by atoms with Crippen LogP contribution in [0.25, 0.3) is 0 Å². The molecule has 20 heavy (non-hydrogen) atoms. The van der Waals surface area contributed by atoms with Crippen LogP contribution in [0.2, 0.25) is 0 Å². The topological polar surface area (TPSA) is 40.5 Å². The smallest absolute Gasteiger partial charge is 0.416 e. The van der Waals surface area contributed by atoms with E-state index in [1.807, 2.05) is 13.8 Å². The molecule has 0 radical (unpaired) electrons. The molecular formula is C14H18F3NO2. The maximum atomic E-state index is 12.9. The Balaban J connectivity index is 2.91. The number of nitrogens with zero attached hydrogens (tertiary/aromatic N) is 1. The Morgan fingerprint density at radius 1 is 1.30 bits per heavy atom. The highest BCUT2D eigenvalue weighted by Crippen LogP contribution is 2.32. The van der Waals surface area contributed by atoms with Crippen LogP contribution in [0.1, 0.15) is 31.4 Å². The largest absolute Gasteiger partial charge is 0.481 e. The summed E-state index contributed by atoms with van der Waals surface area (Å²) in [6.45, 7) is 3.97. The number of carboxylic acid groups (broad SMARTS) is 1. The maximum Gasteiger partial charge on any atom is 0.416 e. The summed E-state index contributed by atoms with van der Waals surface area (Å²) in [5.41, 5.74) is -0.500. The van der Waals surface area contributed by atoms with E-state index in [4.69, 9.17) is 5.11 Å². The summed E-state index contributed by atoms with van der Waals surface area (Å²) < 4.78 is 38.7. The fourth-order valence-electron chi connectivity index (χ4n) is 1.91. The molecule has 0 heterocycles. The molecule has 0 saturated carbocycles. The minimum atomic E-state index is -4.40. The van der Waals surface area contributed by atoms with Gasteiger partial charge in [-0.05, 0) is 25.5 Å². The molecule has 1 N–H and O–H groups in total. The third kappa shape index (κ3) is 4.85. The molecule has 1 aromatic rings. The first-order chi connectivity index (χ1) is 9.21. The van der Waals surface area contributed by atoms with Gasteiger partial charge in [0.1, 0.15) is 0 Å². The Bertz CT molecular complexity index is 458. The quantitative estimate of drug-likeness (QED) is 0.872. The van der Waals surface area contributed by atoms with Gasteiger partial charge >= 0.3 is 12.1 Å². The molecule has 6 heteroatoms. The number of halogens is 3. The van der Waals surface area contributed by atoms with Crippen molar-refractivity contribution in [1.82, 2.24) is 4.90 Å². The van der Waals surface area contributed by atoms with Crippen molar-refractivity contribution in [1.29, 1.82) is 0 Å². The van der Waals surface area contributed by atoms with Gasteiger partial charge in [-0.15, -0.1) is 0 Å². The Morgan fingerprint density at radius 3 is 2.40 bits per heavy atom. The highest BCUT2D eigenvalue weighted by Gasteiger charge is 2.33. The maximum absolute atomic E-state index is 12.9. The van der Waals surface area contributed by atoms with Crippen LogP contribution in [0.15, 0.2) is 24.3 Å². The van der Waals surface area contributed by atoms with E-state index in [1.54, 1.807) is 11.0 Å². The number of hydrogen-bond donors (Lipinski definition) is 1. The van der Waals surface area contributed by atoms with Gasteiger partial charge in [-0.2, -0.15) is 13.2 Å². The van der Waals surface area contributed by atoms with Crippen LogP contribution in [0, 0.1) is 0 Å². The van der Waals surface area contributed by atoms with Crippen molar-refractivity contribution in [2.24, 2.45) is 0 Å². The molecule has 0 amide bonds. The van der Waals surface area contributed by atoms with Gasteiger partial charge < -0.3 is 5.11 Å². The first-order valence-corrected chi connectivity index (χ1v) is 6.32. The Hall–Kier alpha value is -1.56. The molecule has 3 nitrogen and oxygen atoms in total. The number of carbonyl (C=O) groups is 1. The molecule has 0 aliphatic rings. The van der Waals surface area contributed by atoms with Gasteiger partial charge in [0.2, 0.25) is 0 Å². The van der Waals surface area contributed by atoms with Crippen molar-refractivity contribution in [3.63, 3.8) is 0 Å². The van der Waals surface area contributed by atoms with E-state index in [0.29, 0.717) is 0 Å². The summed E-state index contributed by atoms with van der Waals surface area (Å²) in [5.74, 6) is -0.959. The standard InChI is InChI=1S/C14H18F3NO2/c1-10(2)18(8-7-13(19)20)9-11-5-3-4-6-12(11)14(15,16)17/h3-6,10H,7-9H2,1-2H3,(H,19,20). The number of alkyl halides is 3. The second-order valence-electron chi connectivity index (χ2n) is 4.86. The SMILES string of the molecule is CC(C)N(CCC(=O)O)Cc1ccccc1C(F)(F)F. The van der Waals surface area contributed by atoms with Crippen LogP contribution in [0.4, 0.5) is 13.2 Å². The average Bonchev–Trinajstić information content (AvgIpc) is 2.33. The number of rotatable bonds is 6. The summed E-state index contributed by atoms with van der Waals surface area (Å²) in [7, 11) is 0. The lowest BCUT2D eigenvalue weighted by molar-refractivity contribution is -0.139. The highest BCUT2D eigenvalue weighted by molar-refractivity contribution is 5.66. The monoisotopic (exact) mass is 289 g/mol. The molecule has 1 aromatic carbocycles. The van der Waals surface area contributed by atoms with Crippen LogP contribution in [-0.4, -0.2) is 28.6 Å². The van der Waals surface area contributed by atoms with Gasteiger partial charge in [0.05, 0.1) is 12.0 Å². The molecule has 0 aliphatic heterocycles. The number of benzene rings is 1. The Morgan fingerprint density at radius 2 is 1.90 bits per heavy atom. The number of aliphatic carboxylic acids is 1. The molecule has 0 aromatic heterocycles. The van der Waals surface area contributed by atoms with Crippen LogP contribution in [0.3, 0.4) is 0 Å². The Labute approximate surface area is 116 Å². The van der Waals surface area contributed by atoms with E-state index in [-0.39, 0.29) is 31.1 Å². The van der Waals surface area contributed by atoms with Gasteiger partial charge in [-0.3, -0.25) is 9.69 Å². The van der Waals surface area contributed by atoms with E-state index in [0.717, 1.165) is 6.07 Å². The predicted molar refractivity (Wildman–Crippen MR) is 69.2 cm³/mol. The van der Waals surface area contributed by atoms with Crippen LogP contribution >= 0.6 is 0 Å². The molecule has 0 bridgehead atoms. The zero-order valence-electron chi connectivity index (χ0n) is 11.4. The molecule has 0 unspecified atom stereocenters. The van der Waals surface area contributed by atoms with E-state index < -0.39 is 17.7 Å². The van der Waals surface area contributed by atoms with Crippen molar-refractivity contribution in [2.75, 3.05) is 6.54 Å². The molecule has 0 atom stereocenters. The average molecular weight is 289 g/mol. The minimum absolute atomic E-state index is 0.0318. The molecule has 0 fully saturated rings. The predicted octanol–water partition coefficient (Wildman–Crippen LogP) is 3.39. The Kier molecular flexibility index (Phi) is 5.56. The molecule has 0 aliphatic carbocycles. The summed E-state index contributed by atoms with van der Waals surface area (Å²) in [6.07, 6.45) is -4.49. The lowest BCUT2D eigenvalue weighted by atomic mass is 10.1. The third-order valence-corrected chi connectivity index (χ3v) is 3.04. The highest BCUT2D eigenvalue weighted by atomic mass is 19.4. The van der Waals surface area contributed by atoms with Crippen molar-refractivity contribution < 1.29 is 23.1 Å². The van der Waals surface area contributed by atoms with Gasteiger partial charge in [0.15, 0.2) is 0 Å².